The third-order valence-electron chi connectivity index (χ3n) is 2.24. The second-order valence-electron chi connectivity index (χ2n) is 4.01. The van der Waals surface area contributed by atoms with Crippen LogP contribution in [0.15, 0.2) is 6.07 Å². The number of halogens is 2. The third kappa shape index (κ3) is 3.45. The monoisotopic (exact) mass is 245 g/mol. The molecule has 0 saturated heterocycles. The summed E-state index contributed by atoms with van der Waals surface area (Å²) in [5.74, 6) is -2.23. The van der Waals surface area contributed by atoms with Gasteiger partial charge in [0.05, 0.1) is 18.0 Å². The van der Waals surface area contributed by atoms with Gasteiger partial charge in [-0.05, 0) is 20.5 Å². The molecule has 0 aromatic heterocycles. The molecule has 0 bridgehead atoms. The molecular formula is C11H17F2N3O. The lowest BCUT2D eigenvalue weighted by Crippen LogP contribution is -2.16. The summed E-state index contributed by atoms with van der Waals surface area (Å²) in [6.07, 6.45) is 0.663. The summed E-state index contributed by atoms with van der Waals surface area (Å²) in [6, 6.07) is 0.958. The molecule has 0 aliphatic rings. The zero-order valence-electron chi connectivity index (χ0n) is 9.96. The maximum atomic E-state index is 13.5. The van der Waals surface area contributed by atoms with Crippen molar-refractivity contribution in [1.29, 1.82) is 0 Å². The van der Waals surface area contributed by atoms with E-state index in [9.17, 15) is 8.78 Å². The Morgan fingerprint density at radius 3 is 2.53 bits per heavy atom. The Kier molecular flexibility index (Phi) is 4.51. The average molecular weight is 245 g/mol. The van der Waals surface area contributed by atoms with E-state index in [-0.39, 0.29) is 18.0 Å². The summed E-state index contributed by atoms with van der Waals surface area (Å²) >= 11 is 0. The van der Waals surface area contributed by atoms with E-state index in [4.69, 9.17) is 16.2 Å². The molecule has 0 radical (unpaired) electrons. The Hall–Kier alpha value is -1.56. The second-order valence-corrected chi connectivity index (χ2v) is 4.01. The van der Waals surface area contributed by atoms with Crippen LogP contribution in [0, 0.1) is 11.6 Å². The van der Waals surface area contributed by atoms with Crippen molar-refractivity contribution in [3.63, 3.8) is 0 Å². The number of anilines is 2. The zero-order valence-corrected chi connectivity index (χ0v) is 9.96. The molecule has 1 aromatic rings. The number of hydrogen-bond donors (Lipinski definition) is 2. The van der Waals surface area contributed by atoms with E-state index in [0.717, 1.165) is 12.6 Å². The fourth-order valence-electron chi connectivity index (χ4n) is 1.32. The van der Waals surface area contributed by atoms with Crippen molar-refractivity contribution in [1.82, 2.24) is 4.90 Å². The SMILES string of the molecule is CN(C)CCCOc1c(F)cc(N)c(N)c1F. The maximum Gasteiger partial charge on any atom is 0.193 e. The summed E-state index contributed by atoms with van der Waals surface area (Å²) in [4.78, 5) is 1.95. The summed E-state index contributed by atoms with van der Waals surface area (Å²) in [7, 11) is 3.81. The molecule has 0 spiro atoms. The number of benzene rings is 1. The number of hydrogen-bond acceptors (Lipinski definition) is 4. The molecule has 0 amide bonds. The lowest BCUT2D eigenvalue weighted by Gasteiger charge is -2.13. The van der Waals surface area contributed by atoms with E-state index in [2.05, 4.69) is 0 Å². The van der Waals surface area contributed by atoms with Crippen LogP contribution in [0.3, 0.4) is 0 Å². The highest BCUT2D eigenvalue weighted by atomic mass is 19.1. The highest BCUT2D eigenvalue weighted by Gasteiger charge is 2.16. The molecule has 0 saturated carbocycles. The number of nitrogens with zero attached hydrogens (tertiary/aromatic N) is 1. The van der Waals surface area contributed by atoms with Gasteiger partial charge in [-0.3, -0.25) is 0 Å². The fourth-order valence-corrected chi connectivity index (χ4v) is 1.32. The van der Waals surface area contributed by atoms with Gasteiger partial charge in [-0.2, -0.15) is 0 Å². The van der Waals surface area contributed by atoms with Crippen molar-refractivity contribution in [2.75, 3.05) is 38.7 Å². The summed E-state index contributed by atoms with van der Waals surface area (Å²) in [5.41, 5.74) is 10.3. The van der Waals surface area contributed by atoms with Crippen molar-refractivity contribution in [2.24, 2.45) is 0 Å². The predicted octanol–water partition coefficient (Wildman–Crippen LogP) is 1.46. The Morgan fingerprint density at radius 2 is 1.94 bits per heavy atom. The zero-order chi connectivity index (χ0) is 13.0. The first kappa shape index (κ1) is 13.5. The third-order valence-corrected chi connectivity index (χ3v) is 2.24. The molecule has 96 valence electrons. The molecule has 17 heavy (non-hydrogen) atoms. The average Bonchev–Trinajstić information content (AvgIpc) is 2.24. The normalized spacial score (nSPS) is 10.9. The minimum Gasteiger partial charge on any atom is -0.488 e. The van der Waals surface area contributed by atoms with Gasteiger partial charge < -0.3 is 21.1 Å². The Bertz CT molecular complexity index is 397. The van der Waals surface area contributed by atoms with E-state index >= 15 is 0 Å². The molecule has 0 atom stereocenters. The summed E-state index contributed by atoms with van der Waals surface area (Å²) in [5, 5.41) is 0. The first-order chi connectivity index (χ1) is 7.93. The Balaban J connectivity index is 2.68. The molecule has 4 nitrogen and oxygen atoms in total. The van der Waals surface area contributed by atoms with Gasteiger partial charge in [0.25, 0.3) is 0 Å². The van der Waals surface area contributed by atoms with Gasteiger partial charge in [-0.1, -0.05) is 0 Å². The predicted molar refractivity (Wildman–Crippen MR) is 63.8 cm³/mol. The summed E-state index contributed by atoms with van der Waals surface area (Å²) in [6.45, 7) is 0.989. The van der Waals surface area contributed by atoms with Gasteiger partial charge in [-0.15, -0.1) is 0 Å². The fraction of sp³-hybridized carbons (Fsp3) is 0.455. The molecule has 0 fully saturated rings. The van der Waals surface area contributed by atoms with Crippen molar-refractivity contribution in [2.45, 2.75) is 6.42 Å². The highest BCUT2D eigenvalue weighted by Crippen LogP contribution is 2.30. The Labute approximate surface area is 99.1 Å². The van der Waals surface area contributed by atoms with Gasteiger partial charge in [0, 0.05) is 12.6 Å². The second kappa shape index (κ2) is 5.67. The van der Waals surface area contributed by atoms with E-state index < -0.39 is 17.4 Å². The standard InChI is InChI=1S/C11H17F2N3O/c1-16(2)4-3-5-17-11-7(12)6-8(14)10(15)9(11)13/h6H,3-5,14-15H2,1-2H3. The first-order valence-electron chi connectivity index (χ1n) is 5.24. The van der Waals surface area contributed by atoms with Gasteiger partial charge in [0.1, 0.15) is 0 Å². The van der Waals surface area contributed by atoms with Crippen LogP contribution in [-0.2, 0) is 0 Å². The van der Waals surface area contributed by atoms with Crippen LogP contribution < -0.4 is 16.2 Å². The van der Waals surface area contributed by atoms with Crippen LogP contribution in [0.2, 0.25) is 0 Å². The van der Waals surface area contributed by atoms with Crippen LogP contribution in [-0.4, -0.2) is 32.1 Å². The van der Waals surface area contributed by atoms with E-state index in [1.54, 1.807) is 0 Å². The van der Waals surface area contributed by atoms with Crippen LogP contribution in [0.25, 0.3) is 0 Å². The molecule has 1 aromatic carbocycles. The lowest BCUT2D eigenvalue weighted by molar-refractivity contribution is 0.260. The van der Waals surface area contributed by atoms with E-state index in [1.165, 1.54) is 0 Å². The smallest absolute Gasteiger partial charge is 0.193 e. The summed E-state index contributed by atoms with van der Waals surface area (Å²) < 4.78 is 31.9. The quantitative estimate of drug-likeness (QED) is 0.609. The van der Waals surface area contributed by atoms with Crippen molar-refractivity contribution in [3.05, 3.63) is 17.7 Å². The largest absolute Gasteiger partial charge is 0.488 e. The first-order valence-corrected chi connectivity index (χ1v) is 5.24. The van der Waals surface area contributed by atoms with Gasteiger partial charge in [-0.25, -0.2) is 8.78 Å². The lowest BCUT2D eigenvalue weighted by atomic mass is 10.2. The number of rotatable bonds is 5. The van der Waals surface area contributed by atoms with Crippen LogP contribution >= 0.6 is 0 Å². The minimum absolute atomic E-state index is 0.124. The molecule has 0 heterocycles. The van der Waals surface area contributed by atoms with Gasteiger partial charge >= 0.3 is 0 Å². The Morgan fingerprint density at radius 1 is 1.29 bits per heavy atom. The molecule has 1 rings (SSSR count). The van der Waals surface area contributed by atoms with Gasteiger partial charge in [0.2, 0.25) is 0 Å². The molecular weight excluding hydrogens is 228 g/mol. The van der Waals surface area contributed by atoms with Gasteiger partial charge in [0.15, 0.2) is 17.4 Å². The molecule has 4 N–H and O–H groups in total. The van der Waals surface area contributed by atoms with Crippen LogP contribution in [0.1, 0.15) is 6.42 Å². The minimum atomic E-state index is -0.938. The van der Waals surface area contributed by atoms with E-state index in [0.29, 0.717) is 6.42 Å². The topological polar surface area (TPSA) is 64.5 Å². The van der Waals surface area contributed by atoms with Crippen molar-refractivity contribution in [3.8, 4) is 5.75 Å². The van der Waals surface area contributed by atoms with E-state index in [1.807, 2.05) is 19.0 Å². The molecule has 0 aliphatic heterocycles. The van der Waals surface area contributed by atoms with Crippen molar-refractivity contribution < 1.29 is 13.5 Å². The highest BCUT2D eigenvalue weighted by molar-refractivity contribution is 5.66. The van der Waals surface area contributed by atoms with Crippen molar-refractivity contribution >= 4 is 11.4 Å². The molecule has 6 heteroatoms. The number of nitrogens with two attached hydrogens (primary N) is 2. The molecule has 0 unspecified atom stereocenters. The maximum absolute atomic E-state index is 13.5. The molecule has 0 aliphatic carbocycles. The number of nitrogen functional groups attached to an aromatic ring is 2. The van der Waals surface area contributed by atoms with Crippen LogP contribution in [0.5, 0.6) is 5.75 Å². The number of ether oxygens (including phenoxy) is 1. The van der Waals surface area contributed by atoms with Crippen LogP contribution in [0.4, 0.5) is 20.2 Å².